The van der Waals surface area contributed by atoms with E-state index in [9.17, 15) is 0 Å². The van der Waals surface area contributed by atoms with Gasteiger partial charge in [0.15, 0.2) is 0 Å². The second-order valence-corrected chi connectivity index (χ2v) is 4.66. The van der Waals surface area contributed by atoms with Crippen LogP contribution in [0.2, 0.25) is 0 Å². The summed E-state index contributed by atoms with van der Waals surface area (Å²) < 4.78 is 5.77. The molecule has 0 aromatic heterocycles. The standard InChI is InChI=1S/C10H16O/c1-9(2,3)10-7-5-4-6-8(10)11-10/h4-5,8H,6-7H2,1-3H3/t8-,10-/m1/s1. The molecule has 0 amide bonds. The van der Waals surface area contributed by atoms with E-state index in [1.165, 1.54) is 0 Å². The molecule has 0 N–H and O–H groups in total. The fraction of sp³-hybridized carbons (Fsp3) is 0.800. The summed E-state index contributed by atoms with van der Waals surface area (Å²) in [5, 5.41) is 0. The summed E-state index contributed by atoms with van der Waals surface area (Å²) in [6.07, 6.45) is 7.25. The zero-order chi connectivity index (χ0) is 8.11. The Hall–Kier alpha value is -0.300. The Morgan fingerprint density at radius 3 is 2.55 bits per heavy atom. The average molecular weight is 152 g/mol. The normalized spacial score (nSPS) is 41.9. The van der Waals surface area contributed by atoms with E-state index in [1.54, 1.807) is 0 Å². The van der Waals surface area contributed by atoms with Crippen molar-refractivity contribution in [1.82, 2.24) is 0 Å². The lowest BCUT2D eigenvalue weighted by atomic mass is 9.74. The Balaban J connectivity index is 2.21. The molecule has 0 aromatic carbocycles. The lowest BCUT2D eigenvalue weighted by Gasteiger charge is -2.28. The van der Waals surface area contributed by atoms with Gasteiger partial charge in [0.2, 0.25) is 0 Å². The molecule has 11 heavy (non-hydrogen) atoms. The maximum absolute atomic E-state index is 5.77. The maximum Gasteiger partial charge on any atom is 0.103 e. The molecule has 1 aliphatic carbocycles. The van der Waals surface area contributed by atoms with Crippen molar-refractivity contribution in [3.05, 3.63) is 12.2 Å². The average Bonchev–Trinajstić information content (AvgIpc) is 2.59. The highest BCUT2D eigenvalue weighted by Crippen LogP contribution is 2.55. The Kier molecular flexibility index (Phi) is 1.26. The third kappa shape index (κ3) is 0.871. The molecule has 1 nitrogen and oxygen atoms in total. The Morgan fingerprint density at radius 1 is 1.36 bits per heavy atom. The lowest BCUT2D eigenvalue weighted by Crippen LogP contribution is -2.33. The van der Waals surface area contributed by atoms with Gasteiger partial charge in [-0.25, -0.2) is 0 Å². The summed E-state index contributed by atoms with van der Waals surface area (Å²) in [6.45, 7) is 6.81. The van der Waals surface area contributed by atoms with Crippen LogP contribution in [0.15, 0.2) is 12.2 Å². The van der Waals surface area contributed by atoms with Crippen molar-refractivity contribution in [2.75, 3.05) is 0 Å². The van der Waals surface area contributed by atoms with Gasteiger partial charge in [-0.1, -0.05) is 32.9 Å². The van der Waals surface area contributed by atoms with Gasteiger partial charge < -0.3 is 4.74 Å². The van der Waals surface area contributed by atoms with Crippen molar-refractivity contribution in [2.45, 2.75) is 45.3 Å². The highest BCUT2D eigenvalue weighted by atomic mass is 16.6. The van der Waals surface area contributed by atoms with Crippen molar-refractivity contribution in [1.29, 1.82) is 0 Å². The second-order valence-electron chi connectivity index (χ2n) is 4.66. The first-order valence-corrected chi connectivity index (χ1v) is 4.39. The molecule has 0 spiro atoms. The van der Waals surface area contributed by atoms with Crippen molar-refractivity contribution >= 4 is 0 Å². The quantitative estimate of drug-likeness (QED) is 0.384. The van der Waals surface area contributed by atoms with E-state index in [2.05, 4.69) is 32.9 Å². The number of epoxide rings is 1. The van der Waals surface area contributed by atoms with Crippen molar-refractivity contribution in [3.8, 4) is 0 Å². The molecular formula is C10H16O. The van der Waals surface area contributed by atoms with Crippen LogP contribution in [0.3, 0.4) is 0 Å². The molecule has 0 unspecified atom stereocenters. The van der Waals surface area contributed by atoms with Gasteiger partial charge in [-0.2, -0.15) is 0 Å². The summed E-state index contributed by atoms with van der Waals surface area (Å²) in [4.78, 5) is 0. The minimum Gasteiger partial charge on any atom is -0.365 e. The molecule has 0 saturated carbocycles. The molecule has 0 bridgehead atoms. The van der Waals surface area contributed by atoms with Crippen LogP contribution in [0.4, 0.5) is 0 Å². The predicted octanol–water partition coefficient (Wildman–Crippen LogP) is 2.52. The molecule has 2 rings (SSSR count). The van der Waals surface area contributed by atoms with E-state index in [1.807, 2.05) is 0 Å². The summed E-state index contributed by atoms with van der Waals surface area (Å²) >= 11 is 0. The largest absolute Gasteiger partial charge is 0.365 e. The van der Waals surface area contributed by atoms with E-state index < -0.39 is 0 Å². The first-order chi connectivity index (χ1) is 5.06. The predicted molar refractivity (Wildman–Crippen MR) is 45.4 cm³/mol. The summed E-state index contributed by atoms with van der Waals surface area (Å²) in [6, 6.07) is 0. The van der Waals surface area contributed by atoms with Crippen molar-refractivity contribution in [2.24, 2.45) is 5.41 Å². The van der Waals surface area contributed by atoms with Crippen LogP contribution in [0.5, 0.6) is 0 Å². The Labute approximate surface area is 68.4 Å². The number of rotatable bonds is 0. The highest BCUT2D eigenvalue weighted by Gasteiger charge is 2.62. The highest BCUT2D eigenvalue weighted by molar-refractivity contribution is 5.18. The van der Waals surface area contributed by atoms with Gasteiger partial charge in [-0.05, 0) is 18.3 Å². The number of fused-ring (bicyclic) bond motifs is 1. The van der Waals surface area contributed by atoms with E-state index in [-0.39, 0.29) is 5.60 Å². The Morgan fingerprint density at radius 2 is 2.09 bits per heavy atom. The lowest BCUT2D eigenvalue weighted by molar-refractivity contribution is 0.157. The summed E-state index contributed by atoms with van der Waals surface area (Å²) in [5.74, 6) is 0. The topological polar surface area (TPSA) is 12.5 Å². The number of ether oxygens (including phenoxy) is 1. The van der Waals surface area contributed by atoms with E-state index in [0.29, 0.717) is 11.5 Å². The fourth-order valence-electron chi connectivity index (χ4n) is 2.08. The molecule has 1 heteroatoms. The van der Waals surface area contributed by atoms with Crippen LogP contribution in [-0.4, -0.2) is 11.7 Å². The molecule has 2 atom stereocenters. The van der Waals surface area contributed by atoms with Crippen LogP contribution >= 0.6 is 0 Å². The van der Waals surface area contributed by atoms with Gasteiger partial charge in [-0.3, -0.25) is 0 Å². The van der Waals surface area contributed by atoms with Gasteiger partial charge in [-0.15, -0.1) is 0 Å². The molecule has 1 fully saturated rings. The minimum absolute atomic E-state index is 0.196. The monoisotopic (exact) mass is 152 g/mol. The maximum atomic E-state index is 5.77. The smallest absolute Gasteiger partial charge is 0.103 e. The molecule has 62 valence electrons. The third-order valence-corrected chi connectivity index (χ3v) is 3.02. The molecule has 0 aromatic rings. The van der Waals surface area contributed by atoms with Crippen LogP contribution in [0.25, 0.3) is 0 Å². The SMILES string of the molecule is CC(C)(C)[C@@]12CC=CC[C@H]1O2. The van der Waals surface area contributed by atoms with Crippen LogP contribution in [-0.2, 0) is 4.74 Å². The molecular weight excluding hydrogens is 136 g/mol. The van der Waals surface area contributed by atoms with Gasteiger partial charge in [0, 0.05) is 0 Å². The third-order valence-electron chi connectivity index (χ3n) is 3.02. The van der Waals surface area contributed by atoms with Crippen LogP contribution < -0.4 is 0 Å². The summed E-state index contributed by atoms with van der Waals surface area (Å²) in [7, 11) is 0. The van der Waals surface area contributed by atoms with Gasteiger partial charge in [0.1, 0.15) is 5.60 Å². The first-order valence-electron chi connectivity index (χ1n) is 4.39. The fourth-order valence-corrected chi connectivity index (χ4v) is 2.08. The van der Waals surface area contributed by atoms with Gasteiger partial charge in [0.25, 0.3) is 0 Å². The van der Waals surface area contributed by atoms with Crippen molar-refractivity contribution in [3.63, 3.8) is 0 Å². The van der Waals surface area contributed by atoms with Gasteiger partial charge in [0.05, 0.1) is 6.10 Å². The van der Waals surface area contributed by atoms with Crippen LogP contribution in [0, 0.1) is 5.41 Å². The van der Waals surface area contributed by atoms with E-state index in [0.717, 1.165) is 12.8 Å². The van der Waals surface area contributed by atoms with E-state index >= 15 is 0 Å². The molecule has 1 aliphatic heterocycles. The molecule has 1 saturated heterocycles. The molecule has 2 aliphatic rings. The van der Waals surface area contributed by atoms with E-state index in [4.69, 9.17) is 4.74 Å². The van der Waals surface area contributed by atoms with Crippen LogP contribution in [0.1, 0.15) is 33.6 Å². The summed E-state index contributed by atoms with van der Waals surface area (Å²) in [5.41, 5.74) is 0.504. The van der Waals surface area contributed by atoms with Crippen molar-refractivity contribution < 1.29 is 4.74 Å². The zero-order valence-electron chi connectivity index (χ0n) is 7.55. The molecule has 1 heterocycles. The molecule has 0 radical (unpaired) electrons. The number of hydrogen-bond donors (Lipinski definition) is 0. The minimum atomic E-state index is 0.196. The zero-order valence-corrected chi connectivity index (χ0v) is 7.55. The first kappa shape index (κ1) is 7.35. The number of hydrogen-bond acceptors (Lipinski definition) is 1. The second kappa shape index (κ2) is 1.89. The van der Waals surface area contributed by atoms with Gasteiger partial charge >= 0.3 is 0 Å². The Bertz CT molecular complexity index is 199.